The van der Waals surface area contributed by atoms with Crippen molar-refractivity contribution < 1.29 is 5.11 Å². The van der Waals surface area contributed by atoms with E-state index in [-0.39, 0.29) is 5.75 Å². The molecule has 0 saturated heterocycles. The molecule has 0 aliphatic carbocycles. The lowest BCUT2D eigenvalue weighted by Gasteiger charge is -2.21. The van der Waals surface area contributed by atoms with Crippen molar-refractivity contribution in [2.75, 3.05) is 18.0 Å². The number of rotatable bonds is 7. The van der Waals surface area contributed by atoms with Gasteiger partial charge in [-0.2, -0.15) is 5.10 Å². The number of benzene rings is 3. The first kappa shape index (κ1) is 19.4. The molecule has 0 aromatic heterocycles. The summed E-state index contributed by atoms with van der Waals surface area (Å²) in [6.07, 6.45) is 1.59. The predicted molar refractivity (Wildman–Crippen MR) is 118 cm³/mol. The topological polar surface area (TPSA) is 48.2 Å². The Balaban J connectivity index is 1.90. The third-order valence-electron chi connectivity index (χ3n) is 4.59. The second kappa shape index (κ2) is 9.51. The first-order valence-corrected chi connectivity index (χ1v) is 9.52. The monoisotopic (exact) mass is 371 g/mol. The summed E-state index contributed by atoms with van der Waals surface area (Å²) in [5, 5.41) is 19.1. The van der Waals surface area contributed by atoms with E-state index >= 15 is 0 Å². The van der Waals surface area contributed by atoms with Crippen LogP contribution in [0.4, 0.5) is 5.69 Å². The number of anilines is 1. The second-order valence-corrected chi connectivity index (χ2v) is 6.34. The van der Waals surface area contributed by atoms with Crippen molar-refractivity contribution in [3.05, 3.63) is 95.6 Å². The summed E-state index contributed by atoms with van der Waals surface area (Å²) in [6, 6.07) is 25.6. The molecular weight excluding hydrogens is 346 g/mol. The highest BCUT2D eigenvalue weighted by Crippen LogP contribution is 2.23. The van der Waals surface area contributed by atoms with Gasteiger partial charge in [-0.1, -0.05) is 60.7 Å². The molecule has 3 aromatic carbocycles. The van der Waals surface area contributed by atoms with Crippen molar-refractivity contribution in [2.24, 2.45) is 10.2 Å². The molecule has 4 heteroatoms. The van der Waals surface area contributed by atoms with Crippen LogP contribution in [0, 0.1) is 0 Å². The van der Waals surface area contributed by atoms with Gasteiger partial charge in [-0.25, -0.2) is 0 Å². The van der Waals surface area contributed by atoms with Gasteiger partial charge in [-0.05, 0) is 26.0 Å². The maximum absolute atomic E-state index is 10.4. The Hall–Kier alpha value is -3.40. The first-order valence-electron chi connectivity index (χ1n) is 9.52. The van der Waals surface area contributed by atoms with Crippen molar-refractivity contribution in [1.82, 2.24) is 0 Å². The van der Waals surface area contributed by atoms with Gasteiger partial charge in [0.15, 0.2) is 0 Å². The zero-order valence-corrected chi connectivity index (χ0v) is 16.3. The molecule has 0 aliphatic rings. The highest BCUT2D eigenvalue weighted by atomic mass is 16.3. The van der Waals surface area contributed by atoms with E-state index in [0.717, 1.165) is 35.6 Å². The molecule has 0 amide bonds. The third-order valence-corrected chi connectivity index (χ3v) is 4.59. The predicted octanol–water partition coefficient (Wildman–Crippen LogP) is 5.11. The molecule has 0 atom stereocenters. The minimum atomic E-state index is 0.198. The summed E-state index contributed by atoms with van der Waals surface area (Å²) in [6.45, 7) is 5.98. The van der Waals surface area contributed by atoms with Crippen LogP contribution in [0.15, 0.2) is 89.1 Å². The first-order chi connectivity index (χ1) is 13.7. The van der Waals surface area contributed by atoms with Crippen molar-refractivity contribution in [3.63, 3.8) is 0 Å². The molecule has 0 unspecified atom stereocenters. The van der Waals surface area contributed by atoms with E-state index in [1.807, 2.05) is 72.8 Å². The van der Waals surface area contributed by atoms with Crippen LogP contribution < -0.4 is 4.90 Å². The zero-order valence-electron chi connectivity index (χ0n) is 16.3. The number of nitrogens with zero attached hydrogens (tertiary/aromatic N) is 3. The Labute approximate surface area is 166 Å². The van der Waals surface area contributed by atoms with E-state index in [1.165, 1.54) is 0 Å². The highest BCUT2D eigenvalue weighted by Gasteiger charge is 2.07. The van der Waals surface area contributed by atoms with Crippen molar-refractivity contribution in [2.45, 2.75) is 13.8 Å². The average Bonchev–Trinajstić information content (AvgIpc) is 2.74. The molecule has 28 heavy (non-hydrogen) atoms. The summed E-state index contributed by atoms with van der Waals surface area (Å²) in [4.78, 5) is 2.18. The van der Waals surface area contributed by atoms with Gasteiger partial charge in [0.25, 0.3) is 0 Å². The SMILES string of the molecule is CCN(CC)c1ccc(/C=N/N=C(c2ccccc2)c2ccccc2)c(O)c1. The summed E-state index contributed by atoms with van der Waals surface area (Å²) < 4.78 is 0. The fraction of sp³-hybridized carbons (Fsp3) is 0.167. The molecule has 0 fully saturated rings. The Morgan fingerprint density at radius 2 is 1.43 bits per heavy atom. The number of phenols is 1. The number of phenolic OH excluding ortho intramolecular Hbond substituents is 1. The van der Waals surface area contributed by atoms with E-state index in [2.05, 4.69) is 29.0 Å². The fourth-order valence-electron chi connectivity index (χ4n) is 3.05. The third kappa shape index (κ3) is 4.65. The molecule has 3 rings (SSSR count). The van der Waals surface area contributed by atoms with Crippen LogP contribution in [-0.4, -0.2) is 30.1 Å². The molecule has 4 nitrogen and oxygen atoms in total. The van der Waals surface area contributed by atoms with Gasteiger partial charge in [0.2, 0.25) is 0 Å². The molecule has 1 N–H and O–H groups in total. The van der Waals surface area contributed by atoms with E-state index < -0.39 is 0 Å². The number of hydrogen-bond donors (Lipinski definition) is 1. The standard InChI is InChI=1S/C24H25N3O/c1-3-27(4-2)22-16-15-21(23(28)17-22)18-25-26-24(19-11-7-5-8-12-19)20-13-9-6-10-14-20/h5-18,28H,3-4H2,1-2H3/b25-18+. The fourth-order valence-corrected chi connectivity index (χ4v) is 3.05. The van der Waals surface area contributed by atoms with E-state index in [0.29, 0.717) is 5.56 Å². The number of hydrogen-bond acceptors (Lipinski definition) is 4. The highest BCUT2D eigenvalue weighted by molar-refractivity contribution is 6.13. The normalized spacial score (nSPS) is 10.8. The van der Waals surface area contributed by atoms with Crippen LogP contribution in [-0.2, 0) is 0 Å². The molecule has 0 radical (unpaired) electrons. The van der Waals surface area contributed by atoms with Crippen LogP contribution in [0.2, 0.25) is 0 Å². The zero-order chi connectivity index (χ0) is 19.8. The van der Waals surface area contributed by atoms with E-state index in [9.17, 15) is 5.11 Å². The Kier molecular flexibility index (Phi) is 6.58. The van der Waals surface area contributed by atoms with E-state index in [1.54, 1.807) is 12.3 Å². The minimum absolute atomic E-state index is 0.198. The van der Waals surface area contributed by atoms with Crippen LogP contribution >= 0.6 is 0 Å². The van der Waals surface area contributed by atoms with E-state index in [4.69, 9.17) is 0 Å². The van der Waals surface area contributed by atoms with Crippen LogP contribution in [0.1, 0.15) is 30.5 Å². The molecule has 3 aromatic rings. The molecule has 142 valence electrons. The van der Waals surface area contributed by atoms with Gasteiger partial charge in [0.1, 0.15) is 11.5 Å². The Morgan fingerprint density at radius 1 is 0.857 bits per heavy atom. The van der Waals surface area contributed by atoms with Crippen LogP contribution in [0.5, 0.6) is 5.75 Å². The van der Waals surface area contributed by atoms with Crippen LogP contribution in [0.25, 0.3) is 0 Å². The summed E-state index contributed by atoms with van der Waals surface area (Å²) >= 11 is 0. The van der Waals surface area contributed by atoms with Gasteiger partial charge < -0.3 is 10.0 Å². The molecule has 0 spiro atoms. The lowest BCUT2D eigenvalue weighted by molar-refractivity contribution is 0.474. The lowest BCUT2D eigenvalue weighted by Crippen LogP contribution is -2.21. The quantitative estimate of drug-likeness (QED) is 0.463. The summed E-state index contributed by atoms with van der Waals surface area (Å²) in [5.41, 5.74) is 4.41. The van der Waals surface area contributed by atoms with Crippen molar-refractivity contribution >= 4 is 17.6 Å². The smallest absolute Gasteiger partial charge is 0.126 e. The summed E-state index contributed by atoms with van der Waals surface area (Å²) in [5.74, 6) is 0.198. The summed E-state index contributed by atoms with van der Waals surface area (Å²) in [7, 11) is 0. The van der Waals surface area contributed by atoms with Gasteiger partial charge in [-0.3, -0.25) is 0 Å². The molecule has 0 heterocycles. The van der Waals surface area contributed by atoms with Crippen molar-refractivity contribution in [1.29, 1.82) is 0 Å². The maximum atomic E-state index is 10.4. The average molecular weight is 371 g/mol. The minimum Gasteiger partial charge on any atom is -0.507 e. The van der Waals surface area contributed by atoms with Gasteiger partial charge >= 0.3 is 0 Å². The second-order valence-electron chi connectivity index (χ2n) is 6.34. The molecule has 0 bridgehead atoms. The molecule has 0 saturated carbocycles. The van der Waals surface area contributed by atoms with Gasteiger partial charge in [0.05, 0.1) is 6.21 Å². The Bertz CT molecular complexity index is 905. The van der Waals surface area contributed by atoms with Gasteiger partial charge in [-0.15, -0.1) is 5.10 Å². The Morgan fingerprint density at radius 3 is 1.93 bits per heavy atom. The molecule has 0 aliphatic heterocycles. The van der Waals surface area contributed by atoms with Crippen LogP contribution in [0.3, 0.4) is 0 Å². The largest absolute Gasteiger partial charge is 0.507 e. The maximum Gasteiger partial charge on any atom is 0.126 e. The molecular formula is C24H25N3O. The lowest BCUT2D eigenvalue weighted by atomic mass is 10.0. The van der Waals surface area contributed by atoms with Gasteiger partial charge in [0, 0.05) is 41.5 Å². The van der Waals surface area contributed by atoms with Crippen molar-refractivity contribution in [3.8, 4) is 5.75 Å². The number of aromatic hydroxyl groups is 1.